The molecule has 3 heteroatoms. The first-order valence-electron chi connectivity index (χ1n) is 7.81. The number of halogens is 1. The molecule has 2 nitrogen and oxygen atoms in total. The van der Waals surface area contributed by atoms with Crippen molar-refractivity contribution in [2.45, 2.75) is 52.6 Å². The normalized spacial score (nSPS) is 20.3. The van der Waals surface area contributed by atoms with Crippen LogP contribution in [-0.2, 0) is 6.54 Å². The number of likely N-dealkylation sites (tertiary alicyclic amines) is 1. The Morgan fingerprint density at radius 1 is 1.30 bits per heavy atom. The number of aryl methyl sites for hydroxylation is 2. The fourth-order valence-corrected chi connectivity index (χ4v) is 3.10. The van der Waals surface area contributed by atoms with Crippen LogP contribution in [0.25, 0.3) is 0 Å². The maximum Gasteiger partial charge on any atom is 0.129 e. The van der Waals surface area contributed by atoms with E-state index >= 15 is 0 Å². The minimum absolute atomic E-state index is 0.0603. The summed E-state index contributed by atoms with van der Waals surface area (Å²) in [5, 5.41) is 3.62. The summed E-state index contributed by atoms with van der Waals surface area (Å²) in [5.74, 6) is -0.0603. The van der Waals surface area contributed by atoms with Gasteiger partial charge in [-0.15, -0.1) is 0 Å². The van der Waals surface area contributed by atoms with Gasteiger partial charge < -0.3 is 5.32 Å². The zero-order valence-electron chi connectivity index (χ0n) is 13.0. The molecule has 1 aromatic carbocycles. The summed E-state index contributed by atoms with van der Waals surface area (Å²) in [6.07, 6.45) is 3.71. The van der Waals surface area contributed by atoms with E-state index in [-0.39, 0.29) is 5.82 Å². The molecule has 0 saturated carbocycles. The van der Waals surface area contributed by atoms with Crippen LogP contribution >= 0.6 is 0 Å². The van der Waals surface area contributed by atoms with Crippen LogP contribution in [0.5, 0.6) is 0 Å². The minimum Gasteiger partial charge on any atom is -0.313 e. The Morgan fingerprint density at radius 2 is 2.00 bits per heavy atom. The lowest BCUT2D eigenvalue weighted by Gasteiger charge is -2.33. The standard InChI is InChI=1S/C17H27FN2/c1-4-7-19-16-6-5-8-20(12-16)11-15-9-13(2)17(18)14(3)10-15/h9-10,16,19H,4-8,11-12H2,1-3H3. The van der Waals surface area contributed by atoms with E-state index in [1.807, 2.05) is 26.0 Å². The second-order valence-corrected chi connectivity index (χ2v) is 6.07. The lowest BCUT2D eigenvalue weighted by molar-refractivity contribution is 0.183. The summed E-state index contributed by atoms with van der Waals surface area (Å²) in [4.78, 5) is 2.49. The summed E-state index contributed by atoms with van der Waals surface area (Å²) < 4.78 is 13.7. The second-order valence-electron chi connectivity index (χ2n) is 6.07. The molecule has 0 spiro atoms. The van der Waals surface area contributed by atoms with Gasteiger partial charge in [-0.25, -0.2) is 4.39 Å². The molecule has 1 atom stereocenters. The summed E-state index contributed by atoms with van der Waals surface area (Å²) in [7, 11) is 0. The number of hydrogen-bond acceptors (Lipinski definition) is 2. The second kappa shape index (κ2) is 7.19. The highest BCUT2D eigenvalue weighted by atomic mass is 19.1. The third kappa shape index (κ3) is 4.03. The molecule has 1 heterocycles. The third-order valence-electron chi connectivity index (χ3n) is 4.09. The quantitative estimate of drug-likeness (QED) is 0.888. The molecular weight excluding hydrogens is 251 g/mol. The number of rotatable bonds is 5. The largest absolute Gasteiger partial charge is 0.313 e. The summed E-state index contributed by atoms with van der Waals surface area (Å²) in [6.45, 7) is 10.2. The lowest BCUT2D eigenvalue weighted by Crippen LogP contribution is -2.45. The van der Waals surface area contributed by atoms with Crippen molar-refractivity contribution in [3.05, 3.63) is 34.6 Å². The van der Waals surface area contributed by atoms with Crippen molar-refractivity contribution in [1.29, 1.82) is 0 Å². The van der Waals surface area contributed by atoms with Gasteiger partial charge in [0.2, 0.25) is 0 Å². The molecule has 0 bridgehead atoms. The molecule has 1 aromatic rings. The number of nitrogens with zero attached hydrogens (tertiary/aromatic N) is 1. The zero-order chi connectivity index (χ0) is 14.5. The van der Waals surface area contributed by atoms with Crippen LogP contribution in [0, 0.1) is 19.7 Å². The molecule has 1 aliphatic heterocycles. The number of nitrogens with one attached hydrogen (secondary N) is 1. The van der Waals surface area contributed by atoms with Crippen molar-refractivity contribution in [3.63, 3.8) is 0 Å². The van der Waals surface area contributed by atoms with E-state index in [4.69, 9.17) is 0 Å². The van der Waals surface area contributed by atoms with Crippen molar-refractivity contribution in [1.82, 2.24) is 10.2 Å². The molecule has 1 unspecified atom stereocenters. The van der Waals surface area contributed by atoms with Crippen molar-refractivity contribution in [2.75, 3.05) is 19.6 Å². The summed E-state index contributed by atoms with van der Waals surface area (Å²) >= 11 is 0. The first-order valence-corrected chi connectivity index (χ1v) is 7.81. The summed E-state index contributed by atoms with van der Waals surface area (Å²) in [6, 6.07) is 4.60. The van der Waals surface area contributed by atoms with Gasteiger partial charge in [-0.2, -0.15) is 0 Å². The number of piperidine rings is 1. The molecule has 1 saturated heterocycles. The van der Waals surface area contributed by atoms with Gasteiger partial charge in [-0.1, -0.05) is 19.1 Å². The van der Waals surface area contributed by atoms with E-state index in [0.717, 1.165) is 37.3 Å². The predicted molar refractivity (Wildman–Crippen MR) is 82.5 cm³/mol. The average Bonchev–Trinajstić information content (AvgIpc) is 2.43. The molecule has 112 valence electrons. The van der Waals surface area contributed by atoms with Crippen LogP contribution in [0.15, 0.2) is 12.1 Å². The summed E-state index contributed by atoms with van der Waals surface area (Å²) in [5.41, 5.74) is 2.76. The van der Waals surface area contributed by atoms with Gasteiger partial charge >= 0.3 is 0 Å². The predicted octanol–water partition coefficient (Wildman–Crippen LogP) is 3.41. The fourth-order valence-electron chi connectivity index (χ4n) is 3.10. The molecule has 2 rings (SSSR count). The topological polar surface area (TPSA) is 15.3 Å². The van der Waals surface area contributed by atoms with Crippen molar-refractivity contribution >= 4 is 0 Å². The molecule has 1 N–H and O–H groups in total. The van der Waals surface area contributed by atoms with Crippen LogP contribution in [0.2, 0.25) is 0 Å². The van der Waals surface area contributed by atoms with Crippen molar-refractivity contribution in [2.24, 2.45) is 0 Å². The molecule has 0 radical (unpaired) electrons. The van der Waals surface area contributed by atoms with Crippen LogP contribution in [-0.4, -0.2) is 30.6 Å². The Kier molecular flexibility index (Phi) is 5.55. The monoisotopic (exact) mass is 278 g/mol. The number of benzene rings is 1. The molecule has 1 aliphatic rings. The van der Waals surface area contributed by atoms with Gasteiger partial charge in [0, 0.05) is 19.1 Å². The smallest absolute Gasteiger partial charge is 0.129 e. The highest BCUT2D eigenvalue weighted by molar-refractivity contribution is 5.30. The molecule has 1 fully saturated rings. The van der Waals surface area contributed by atoms with E-state index in [2.05, 4.69) is 17.1 Å². The molecular formula is C17H27FN2. The Labute approximate surface area is 122 Å². The number of hydrogen-bond donors (Lipinski definition) is 1. The maximum absolute atomic E-state index is 13.7. The SMILES string of the molecule is CCCNC1CCCN(Cc2cc(C)c(F)c(C)c2)C1. The van der Waals surface area contributed by atoms with E-state index in [9.17, 15) is 4.39 Å². The van der Waals surface area contributed by atoms with E-state index in [1.54, 1.807) is 0 Å². The van der Waals surface area contributed by atoms with Crippen molar-refractivity contribution < 1.29 is 4.39 Å². The van der Waals surface area contributed by atoms with Crippen LogP contribution in [0.4, 0.5) is 4.39 Å². The zero-order valence-corrected chi connectivity index (χ0v) is 13.0. The van der Waals surface area contributed by atoms with Gasteiger partial charge in [0.1, 0.15) is 5.82 Å². The Balaban J connectivity index is 1.95. The molecule has 0 aliphatic carbocycles. The Hall–Kier alpha value is -0.930. The van der Waals surface area contributed by atoms with Gasteiger partial charge in [-0.05, 0) is 62.9 Å². The highest BCUT2D eigenvalue weighted by Gasteiger charge is 2.19. The van der Waals surface area contributed by atoms with E-state index in [0.29, 0.717) is 6.04 Å². The van der Waals surface area contributed by atoms with Gasteiger partial charge in [0.05, 0.1) is 0 Å². The average molecular weight is 278 g/mol. The van der Waals surface area contributed by atoms with Crippen LogP contribution < -0.4 is 5.32 Å². The van der Waals surface area contributed by atoms with Gasteiger partial charge in [-0.3, -0.25) is 4.90 Å². The molecule has 20 heavy (non-hydrogen) atoms. The van der Waals surface area contributed by atoms with Crippen LogP contribution in [0.1, 0.15) is 42.9 Å². The molecule has 0 amide bonds. The van der Waals surface area contributed by atoms with E-state index < -0.39 is 0 Å². The first kappa shape index (κ1) is 15.5. The first-order chi connectivity index (χ1) is 9.60. The van der Waals surface area contributed by atoms with Gasteiger partial charge in [0.15, 0.2) is 0 Å². The molecule has 0 aromatic heterocycles. The Morgan fingerprint density at radius 3 is 2.65 bits per heavy atom. The van der Waals surface area contributed by atoms with Gasteiger partial charge in [0.25, 0.3) is 0 Å². The van der Waals surface area contributed by atoms with Crippen molar-refractivity contribution in [3.8, 4) is 0 Å². The maximum atomic E-state index is 13.7. The van der Waals surface area contributed by atoms with E-state index in [1.165, 1.54) is 24.8 Å². The fraction of sp³-hybridized carbons (Fsp3) is 0.647. The highest BCUT2D eigenvalue weighted by Crippen LogP contribution is 2.18. The lowest BCUT2D eigenvalue weighted by atomic mass is 10.0. The van der Waals surface area contributed by atoms with Crippen LogP contribution in [0.3, 0.4) is 0 Å². The minimum atomic E-state index is -0.0603. The third-order valence-corrected chi connectivity index (χ3v) is 4.09. The Bertz CT molecular complexity index is 422.